The molecular weight excluding hydrogens is 412 g/mol. The first kappa shape index (κ1) is 22.6. The molecule has 0 saturated heterocycles. The lowest BCUT2D eigenvalue weighted by Gasteiger charge is -2.18. The van der Waals surface area contributed by atoms with Gasteiger partial charge in [-0.25, -0.2) is 0 Å². The molecule has 0 aliphatic carbocycles. The van der Waals surface area contributed by atoms with Crippen LogP contribution in [0.2, 0.25) is 5.02 Å². The number of aromatic nitrogens is 2. The molecule has 1 unspecified atom stereocenters. The Hall–Kier alpha value is -3.12. The van der Waals surface area contributed by atoms with Crippen molar-refractivity contribution in [3.05, 3.63) is 87.7 Å². The van der Waals surface area contributed by atoms with Gasteiger partial charge in [-0.1, -0.05) is 48.0 Å². The third kappa shape index (κ3) is 6.69. The lowest BCUT2D eigenvalue weighted by atomic mass is 10.0. The Morgan fingerprint density at radius 2 is 1.77 bits per heavy atom. The van der Waals surface area contributed by atoms with Crippen LogP contribution in [-0.2, 0) is 22.7 Å². The van der Waals surface area contributed by atoms with Gasteiger partial charge in [-0.05, 0) is 48.7 Å². The highest BCUT2D eigenvalue weighted by Crippen LogP contribution is 2.19. The summed E-state index contributed by atoms with van der Waals surface area (Å²) in [5.74, 6) is -0.331. The molecule has 0 saturated carbocycles. The predicted molar refractivity (Wildman–Crippen MR) is 122 cm³/mol. The van der Waals surface area contributed by atoms with Crippen LogP contribution in [0.5, 0.6) is 0 Å². The van der Waals surface area contributed by atoms with E-state index in [1.807, 2.05) is 42.8 Å². The Kier molecular flexibility index (Phi) is 7.47. The number of halogens is 1. The van der Waals surface area contributed by atoms with Crippen LogP contribution in [0.4, 0.5) is 0 Å². The number of nitrogens with zero attached hydrogens (tertiary/aromatic N) is 2. The van der Waals surface area contributed by atoms with Gasteiger partial charge in [0, 0.05) is 24.2 Å². The largest absolute Gasteiger partial charge is 0.352 e. The Morgan fingerprint density at radius 3 is 2.42 bits per heavy atom. The second kappa shape index (κ2) is 10.3. The molecule has 7 heteroatoms. The van der Waals surface area contributed by atoms with Gasteiger partial charge in [-0.3, -0.25) is 14.3 Å². The SMILES string of the molecule is CC(=O)NC(CC(=O)NCc1cccc(Cn2nc(C)cc2C)c1)c1ccc(Cl)cc1. The highest BCUT2D eigenvalue weighted by atomic mass is 35.5. The van der Waals surface area contributed by atoms with E-state index < -0.39 is 6.04 Å². The van der Waals surface area contributed by atoms with Gasteiger partial charge in [0.05, 0.1) is 24.7 Å². The Morgan fingerprint density at radius 1 is 1.06 bits per heavy atom. The summed E-state index contributed by atoms with van der Waals surface area (Å²) in [6.07, 6.45) is 0.145. The van der Waals surface area contributed by atoms with Crippen molar-refractivity contribution in [3.8, 4) is 0 Å². The second-order valence-corrected chi connectivity index (χ2v) is 8.13. The van der Waals surface area contributed by atoms with Crippen LogP contribution in [0.25, 0.3) is 0 Å². The Balaban J connectivity index is 1.60. The summed E-state index contributed by atoms with van der Waals surface area (Å²) in [5, 5.41) is 10.9. The van der Waals surface area contributed by atoms with Crippen LogP contribution >= 0.6 is 11.6 Å². The molecule has 2 amide bonds. The van der Waals surface area contributed by atoms with E-state index in [-0.39, 0.29) is 18.2 Å². The molecule has 3 rings (SSSR count). The molecule has 1 heterocycles. The molecule has 2 N–H and O–H groups in total. The standard InChI is InChI=1S/C24H27ClN4O2/c1-16-11-17(2)29(28-16)15-20-6-4-5-19(12-20)14-26-24(31)13-23(27-18(3)30)21-7-9-22(25)10-8-21/h4-12,23H,13-15H2,1-3H3,(H,26,31)(H,27,30). The molecule has 0 radical (unpaired) electrons. The van der Waals surface area contributed by atoms with E-state index in [1.165, 1.54) is 6.92 Å². The van der Waals surface area contributed by atoms with Crippen molar-refractivity contribution >= 4 is 23.4 Å². The third-order valence-electron chi connectivity index (χ3n) is 4.96. The van der Waals surface area contributed by atoms with E-state index in [1.54, 1.807) is 12.1 Å². The maximum Gasteiger partial charge on any atom is 0.222 e. The Bertz CT molecular complexity index is 1060. The summed E-state index contributed by atoms with van der Waals surface area (Å²) in [4.78, 5) is 24.2. The second-order valence-electron chi connectivity index (χ2n) is 7.69. The molecule has 0 spiro atoms. The van der Waals surface area contributed by atoms with Crippen LogP contribution < -0.4 is 10.6 Å². The average Bonchev–Trinajstić information content (AvgIpc) is 3.03. The van der Waals surface area contributed by atoms with Gasteiger partial charge in [-0.15, -0.1) is 0 Å². The number of hydrogen-bond donors (Lipinski definition) is 2. The summed E-state index contributed by atoms with van der Waals surface area (Å²) in [6.45, 7) is 6.55. The molecule has 6 nitrogen and oxygen atoms in total. The molecule has 0 bridgehead atoms. The minimum absolute atomic E-state index is 0.141. The van der Waals surface area contributed by atoms with Crippen molar-refractivity contribution in [1.82, 2.24) is 20.4 Å². The molecule has 1 atom stereocenters. The van der Waals surface area contributed by atoms with Gasteiger partial charge in [0.25, 0.3) is 0 Å². The highest BCUT2D eigenvalue weighted by Gasteiger charge is 2.17. The van der Waals surface area contributed by atoms with Gasteiger partial charge in [0.1, 0.15) is 0 Å². The average molecular weight is 439 g/mol. The first-order valence-corrected chi connectivity index (χ1v) is 10.6. The van der Waals surface area contributed by atoms with Crippen LogP contribution in [0.3, 0.4) is 0 Å². The van der Waals surface area contributed by atoms with Crippen molar-refractivity contribution in [2.45, 2.75) is 46.3 Å². The highest BCUT2D eigenvalue weighted by molar-refractivity contribution is 6.30. The van der Waals surface area contributed by atoms with Crippen molar-refractivity contribution in [1.29, 1.82) is 0 Å². The Labute approximate surface area is 187 Å². The van der Waals surface area contributed by atoms with Gasteiger partial charge >= 0.3 is 0 Å². The van der Waals surface area contributed by atoms with Gasteiger partial charge < -0.3 is 10.6 Å². The number of nitrogens with one attached hydrogen (secondary N) is 2. The minimum Gasteiger partial charge on any atom is -0.352 e. The first-order chi connectivity index (χ1) is 14.8. The fourth-order valence-electron chi connectivity index (χ4n) is 3.50. The molecular formula is C24H27ClN4O2. The summed E-state index contributed by atoms with van der Waals surface area (Å²) in [7, 11) is 0. The molecule has 3 aromatic rings. The first-order valence-electron chi connectivity index (χ1n) is 10.2. The quantitative estimate of drug-likeness (QED) is 0.556. The van der Waals surface area contributed by atoms with Crippen molar-refractivity contribution in [2.24, 2.45) is 0 Å². The zero-order valence-electron chi connectivity index (χ0n) is 18.0. The molecule has 2 aromatic carbocycles. The van der Waals surface area contributed by atoms with Crippen LogP contribution in [0, 0.1) is 13.8 Å². The van der Waals surface area contributed by atoms with Gasteiger partial charge in [0.15, 0.2) is 0 Å². The van der Waals surface area contributed by atoms with E-state index >= 15 is 0 Å². The van der Waals surface area contributed by atoms with Crippen LogP contribution in [0.15, 0.2) is 54.6 Å². The summed E-state index contributed by atoms with van der Waals surface area (Å²) in [5.41, 5.74) is 5.07. The van der Waals surface area contributed by atoms with E-state index in [0.717, 1.165) is 28.1 Å². The molecule has 31 heavy (non-hydrogen) atoms. The monoisotopic (exact) mass is 438 g/mol. The lowest BCUT2D eigenvalue weighted by molar-refractivity contribution is -0.122. The van der Waals surface area contributed by atoms with Crippen LogP contribution in [0.1, 0.15) is 47.5 Å². The number of amides is 2. The van der Waals surface area contributed by atoms with E-state index in [2.05, 4.69) is 33.9 Å². The van der Waals surface area contributed by atoms with E-state index in [0.29, 0.717) is 18.1 Å². The number of carbonyl (C=O) groups excluding carboxylic acids is 2. The van der Waals surface area contributed by atoms with Crippen molar-refractivity contribution in [3.63, 3.8) is 0 Å². The molecule has 1 aromatic heterocycles. The van der Waals surface area contributed by atoms with E-state index in [4.69, 9.17) is 11.6 Å². The van der Waals surface area contributed by atoms with Gasteiger partial charge in [0.2, 0.25) is 11.8 Å². The minimum atomic E-state index is -0.410. The van der Waals surface area contributed by atoms with Crippen molar-refractivity contribution in [2.75, 3.05) is 0 Å². The zero-order valence-corrected chi connectivity index (χ0v) is 18.7. The fourth-order valence-corrected chi connectivity index (χ4v) is 3.62. The molecule has 0 aliphatic heterocycles. The number of rotatable bonds is 8. The summed E-state index contributed by atoms with van der Waals surface area (Å²) < 4.78 is 1.97. The normalized spacial score (nSPS) is 11.7. The number of hydrogen-bond acceptors (Lipinski definition) is 3. The fraction of sp³-hybridized carbons (Fsp3) is 0.292. The van der Waals surface area contributed by atoms with Crippen LogP contribution in [-0.4, -0.2) is 21.6 Å². The third-order valence-corrected chi connectivity index (χ3v) is 5.21. The van der Waals surface area contributed by atoms with Gasteiger partial charge in [-0.2, -0.15) is 5.10 Å². The van der Waals surface area contributed by atoms with E-state index in [9.17, 15) is 9.59 Å². The summed E-state index contributed by atoms with van der Waals surface area (Å²) in [6, 6.07) is 16.9. The molecule has 0 fully saturated rings. The zero-order chi connectivity index (χ0) is 22.4. The number of aryl methyl sites for hydroxylation is 2. The smallest absolute Gasteiger partial charge is 0.222 e. The number of carbonyl (C=O) groups is 2. The lowest BCUT2D eigenvalue weighted by Crippen LogP contribution is -2.32. The topological polar surface area (TPSA) is 76.0 Å². The maximum absolute atomic E-state index is 12.6. The van der Waals surface area contributed by atoms with Crippen molar-refractivity contribution < 1.29 is 9.59 Å². The molecule has 0 aliphatic rings. The molecule has 162 valence electrons. The maximum atomic E-state index is 12.6. The summed E-state index contributed by atoms with van der Waals surface area (Å²) >= 11 is 5.95. The number of benzene rings is 2. The predicted octanol–water partition coefficient (Wildman–Crippen LogP) is 4.09.